The van der Waals surface area contributed by atoms with Crippen LogP contribution in [0.25, 0.3) is 11.7 Å². The first-order valence-electron chi connectivity index (χ1n) is 11.9. The summed E-state index contributed by atoms with van der Waals surface area (Å²) in [6.45, 7) is 4.39. The molecule has 0 aliphatic carbocycles. The predicted molar refractivity (Wildman–Crippen MR) is 143 cm³/mol. The summed E-state index contributed by atoms with van der Waals surface area (Å²) in [4.78, 5) is 36.0. The van der Waals surface area contributed by atoms with Gasteiger partial charge in [0, 0.05) is 19.3 Å². The molecule has 8 nitrogen and oxygen atoms in total. The lowest BCUT2D eigenvalue weighted by Crippen LogP contribution is -2.36. The van der Waals surface area contributed by atoms with Crippen molar-refractivity contribution in [2.45, 2.75) is 26.3 Å². The Morgan fingerprint density at radius 2 is 1.94 bits per heavy atom. The summed E-state index contributed by atoms with van der Waals surface area (Å²) in [5.74, 6) is 2.38. The molecule has 3 aromatic rings. The minimum Gasteiger partial charge on any atom is -0.454 e. The van der Waals surface area contributed by atoms with Crippen molar-refractivity contribution >= 4 is 51.7 Å². The first kappa shape index (κ1) is 23.1. The summed E-state index contributed by atoms with van der Waals surface area (Å²) in [7, 11) is 0. The molecule has 0 saturated carbocycles. The van der Waals surface area contributed by atoms with Crippen LogP contribution in [0.3, 0.4) is 0 Å². The minimum atomic E-state index is -0.224. The molecule has 5 heterocycles. The molecule has 3 aliphatic rings. The number of amides is 1. The van der Waals surface area contributed by atoms with Crippen LogP contribution in [-0.2, 0) is 11.3 Å². The van der Waals surface area contributed by atoms with Gasteiger partial charge in [0.25, 0.3) is 11.5 Å². The Bertz CT molecular complexity index is 1480. The van der Waals surface area contributed by atoms with Crippen LogP contribution in [0.2, 0.25) is 0 Å². The molecular formula is C26H24N4O4S2. The molecule has 6 rings (SSSR count). The Balaban J connectivity index is 1.36. The van der Waals surface area contributed by atoms with Crippen molar-refractivity contribution in [1.29, 1.82) is 0 Å². The normalized spacial score (nSPS) is 19.2. The van der Waals surface area contributed by atoms with Crippen molar-refractivity contribution in [1.82, 2.24) is 14.3 Å². The Labute approximate surface area is 217 Å². The smallest absolute Gasteiger partial charge is 0.267 e. The van der Waals surface area contributed by atoms with E-state index in [4.69, 9.17) is 26.7 Å². The molecule has 0 atom stereocenters. The number of rotatable bonds is 4. The van der Waals surface area contributed by atoms with Gasteiger partial charge in [0.2, 0.25) is 6.79 Å². The zero-order valence-electron chi connectivity index (χ0n) is 19.7. The maximum Gasteiger partial charge on any atom is 0.267 e. The number of thiocarbonyl (C=S) groups is 1. The number of benzene rings is 1. The number of carbonyl (C=O) groups excluding carboxylic acids is 1. The SMILES string of the molecule is CC1CCN(c2nc3ccccn3c(=O)c2/C=C2/SC(=S)N(Cc3ccc4c(c3)OCO4)C2=O)CC1. The van der Waals surface area contributed by atoms with E-state index in [1.54, 1.807) is 23.2 Å². The fraction of sp³-hybridized carbons (Fsp3) is 0.308. The van der Waals surface area contributed by atoms with Gasteiger partial charge >= 0.3 is 0 Å². The Kier molecular flexibility index (Phi) is 5.93. The van der Waals surface area contributed by atoms with E-state index < -0.39 is 0 Å². The average molecular weight is 521 g/mol. The lowest BCUT2D eigenvalue weighted by molar-refractivity contribution is -0.122. The number of ether oxygens (including phenoxy) is 2. The summed E-state index contributed by atoms with van der Waals surface area (Å²) >= 11 is 6.76. The fourth-order valence-electron chi connectivity index (χ4n) is 4.67. The highest BCUT2D eigenvalue weighted by molar-refractivity contribution is 8.26. The molecule has 2 aromatic heterocycles. The number of hydrogen-bond acceptors (Lipinski definition) is 8. The number of carbonyl (C=O) groups is 1. The summed E-state index contributed by atoms with van der Waals surface area (Å²) in [6.07, 6.45) is 5.44. The molecule has 0 spiro atoms. The monoisotopic (exact) mass is 520 g/mol. The first-order chi connectivity index (χ1) is 17.5. The predicted octanol–water partition coefficient (Wildman–Crippen LogP) is 4.06. The maximum atomic E-state index is 13.6. The number of nitrogens with zero attached hydrogens (tertiary/aromatic N) is 4. The molecule has 184 valence electrons. The van der Waals surface area contributed by atoms with Gasteiger partial charge in [0.1, 0.15) is 15.8 Å². The molecular weight excluding hydrogens is 496 g/mol. The van der Waals surface area contributed by atoms with Gasteiger partial charge in [0.05, 0.1) is 17.0 Å². The van der Waals surface area contributed by atoms with Crippen LogP contribution in [-0.4, -0.2) is 44.4 Å². The van der Waals surface area contributed by atoms with E-state index in [1.165, 1.54) is 16.2 Å². The number of anilines is 1. The van der Waals surface area contributed by atoms with Crippen molar-refractivity contribution in [3.05, 3.63) is 69.0 Å². The maximum absolute atomic E-state index is 13.6. The van der Waals surface area contributed by atoms with Crippen LogP contribution >= 0.6 is 24.0 Å². The number of thioether (sulfide) groups is 1. The number of piperidine rings is 1. The number of hydrogen-bond donors (Lipinski definition) is 0. The summed E-state index contributed by atoms with van der Waals surface area (Å²) < 4.78 is 12.8. The van der Waals surface area contributed by atoms with E-state index >= 15 is 0 Å². The van der Waals surface area contributed by atoms with E-state index in [0.717, 1.165) is 31.5 Å². The second-order valence-corrected chi connectivity index (χ2v) is 10.9. The quantitative estimate of drug-likeness (QED) is 0.377. The summed E-state index contributed by atoms with van der Waals surface area (Å²) in [5, 5.41) is 0. The zero-order chi connectivity index (χ0) is 24.8. The van der Waals surface area contributed by atoms with E-state index in [1.807, 2.05) is 30.3 Å². The molecule has 0 N–H and O–H groups in total. The standard InChI is InChI=1S/C26H24N4O4S2/c1-16-7-10-28(11-8-16)23-18(24(31)29-9-3-2-4-22(29)27-23)13-21-25(32)30(26(35)36-21)14-17-5-6-19-20(12-17)34-15-33-19/h2-6,9,12-13,16H,7-8,10-11,14-15H2,1H3/b21-13+. The highest BCUT2D eigenvalue weighted by atomic mass is 32.2. The number of pyridine rings is 1. The fourth-order valence-corrected chi connectivity index (χ4v) is 5.90. The number of aromatic nitrogens is 2. The average Bonchev–Trinajstić information content (AvgIpc) is 3.46. The second-order valence-electron chi connectivity index (χ2n) is 9.21. The summed E-state index contributed by atoms with van der Waals surface area (Å²) in [6, 6.07) is 11.1. The third-order valence-electron chi connectivity index (χ3n) is 6.76. The first-order valence-corrected chi connectivity index (χ1v) is 13.1. The highest BCUT2D eigenvalue weighted by Gasteiger charge is 2.33. The highest BCUT2D eigenvalue weighted by Crippen LogP contribution is 2.37. The molecule has 10 heteroatoms. The van der Waals surface area contributed by atoms with E-state index in [0.29, 0.717) is 50.2 Å². The molecule has 1 aromatic carbocycles. The lowest BCUT2D eigenvalue weighted by atomic mass is 9.99. The number of fused-ring (bicyclic) bond motifs is 2. The molecule has 0 radical (unpaired) electrons. The van der Waals surface area contributed by atoms with Crippen LogP contribution in [0.15, 0.2) is 52.3 Å². The van der Waals surface area contributed by atoms with Gasteiger partial charge in [-0.25, -0.2) is 4.98 Å². The molecule has 2 fully saturated rings. The molecule has 3 aliphatic heterocycles. The third kappa shape index (κ3) is 4.14. The summed E-state index contributed by atoms with van der Waals surface area (Å²) in [5.41, 5.74) is 1.68. The van der Waals surface area contributed by atoms with E-state index in [2.05, 4.69) is 11.8 Å². The van der Waals surface area contributed by atoms with Crippen LogP contribution < -0.4 is 19.9 Å². The van der Waals surface area contributed by atoms with Gasteiger partial charge in [-0.15, -0.1) is 0 Å². The van der Waals surface area contributed by atoms with Crippen LogP contribution in [0.5, 0.6) is 11.5 Å². The van der Waals surface area contributed by atoms with Gasteiger partial charge in [-0.1, -0.05) is 43.0 Å². The van der Waals surface area contributed by atoms with Gasteiger partial charge in [-0.3, -0.25) is 18.9 Å². The zero-order valence-corrected chi connectivity index (χ0v) is 21.3. The molecule has 0 unspecified atom stereocenters. The topological polar surface area (TPSA) is 76.4 Å². The largest absolute Gasteiger partial charge is 0.454 e. The van der Waals surface area contributed by atoms with Crippen molar-refractivity contribution in [3.63, 3.8) is 0 Å². The van der Waals surface area contributed by atoms with Crippen molar-refractivity contribution < 1.29 is 14.3 Å². The Hall–Kier alpha value is -3.37. The van der Waals surface area contributed by atoms with Crippen molar-refractivity contribution in [2.24, 2.45) is 5.92 Å². The van der Waals surface area contributed by atoms with Crippen molar-refractivity contribution in [3.8, 4) is 11.5 Å². The van der Waals surface area contributed by atoms with E-state index in [9.17, 15) is 9.59 Å². The minimum absolute atomic E-state index is 0.191. The van der Waals surface area contributed by atoms with Crippen molar-refractivity contribution in [2.75, 3.05) is 24.8 Å². The van der Waals surface area contributed by atoms with Gasteiger partial charge in [-0.05, 0) is 54.7 Å². The Morgan fingerprint density at radius 3 is 2.78 bits per heavy atom. The molecule has 0 bridgehead atoms. The van der Waals surface area contributed by atoms with Gasteiger partial charge < -0.3 is 14.4 Å². The van der Waals surface area contributed by atoms with Crippen LogP contribution in [0.4, 0.5) is 5.82 Å². The third-order valence-corrected chi connectivity index (χ3v) is 8.14. The lowest BCUT2D eigenvalue weighted by Gasteiger charge is -2.32. The van der Waals surface area contributed by atoms with Gasteiger partial charge in [0.15, 0.2) is 11.5 Å². The van der Waals surface area contributed by atoms with Gasteiger partial charge in [-0.2, -0.15) is 0 Å². The second kappa shape index (κ2) is 9.25. The van der Waals surface area contributed by atoms with Crippen LogP contribution in [0, 0.1) is 5.92 Å². The van der Waals surface area contributed by atoms with Crippen LogP contribution in [0.1, 0.15) is 30.9 Å². The molecule has 1 amide bonds. The Morgan fingerprint density at radius 1 is 1.14 bits per heavy atom. The molecule has 36 heavy (non-hydrogen) atoms. The van der Waals surface area contributed by atoms with E-state index in [-0.39, 0.29) is 18.3 Å². The molecule has 2 saturated heterocycles.